The maximum atomic E-state index is 12.4. The zero-order chi connectivity index (χ0) is 9.64. The first-order valence-corrected chi connectivity index (χ1v) is 3.83. The fourth-order valence-electron chi connectivity index (χ4n) is 1.54. The Morgan fingerprint density at radius 2 is 2.08 bits per heavy atom. The Bertz CT molecular complexity index is 339. The van der Waals surface area contributed by atoms with E-state index < -0.39 is 11.9 Å². The Balaban J connectivity index is 2.55. The van der Waals surface area contributed by atoms with Gasteiger partial charge in [0.2, 0.25) is 0 Å². The summed E-state index contributed by atoms with van der Waals surface area (Å²) >= 11 is 0. The number of halogens is 3. The first-order valence-electron chi connectivity index (χ1n) is 3.83. The third-order valence-electron chi connectivity index (χ3n) is 2.14. The van der Waals surface area contributed by atoms with Gasteiger partial charge in [-0.1, -0.05) is 0 Å². The van der Waals surface area contributed by atoms with Gasteiger partial charge in [0.25, 0.3) is 0 Å². The van der Waals surface area contributed by atoms with Crippen LogP contribution in [0.25, 0.3) is 0 Å². The summed E-state index contributed by atoms with van der Waals surface area (Å²) in [7, 11) is 1.53. The maximum Gasteiger partial charge on any atom is 0.435 e. The Hall–Kier alpha value is -1.04. The molecule has 6 heteroatoms. The molecule has 0 saturated heterocycles. The molecule has 0 atom stereocenters. The van der Waals surface area contributed by atoms with Crippen LogP contribution in [0.1, 0.15) is 17.0 Å². The van der Waals surface area contributed by atoms with Gasteiger partial charge in [-0.15, -0.1) is 0 Å². The second-order valence-corrected chi connectivity index (χ2v) is 3.00. The van der Waals surface area contributed by atoms with E-state index in [1.165, 1.54) is 11.7 Å². The minimum absolute atomic E-state index is 0.262. The lowest BCUT2D eigenvalue weighted by Gasteiger charge is -2.03. The van der Waals surface area contributed by atoms with Crippen molar-refractivity contribution in [3.05, 3.63) is 17.0 Å². The van der Waals surface area contributed by atoms with Crippen LogP contribution in [0.4, 0.5) is 13.2 Å². The van der Waals surface area contributed by atoms with E-state index in [1.807, 2.05) is 0 Å². The number of rotatable bonds is 0. The molecule has 0 saturated carbocycles. The predicted octanol–water partition coefficient (Wildman–Crippen LogP) is 1.04. The minimum atomic E-state index is -4.34. The number of aromatic nitrogens is 2. The molecule has 1 aliphatic rings. The lowest BCUT2D eigenvalue weighted by molar-refractivity contribution is -0.142. The van der Waals surface area contributed by atoms with Crippen molar-refractivity contribution < 1.29 is 13.2 Å². The van der Waals surface area contributed by atoms with Gasteiger partial charge < -0.3 is 5.32 Å². The molecule has 1 N–H and O–H groups in total. The zero-order valence-corrected chi connectivity index (χ0v) is 6.94. The van der Waals surface area contributed by atoms with Crippen LogP contribution in [0.5, 0.6) is 0 Å². The quantitative estimate of drug-likeness (QED) is 0.664. The molecule has 1 aromatic heterocycles. The number of alkyl halides is 3. The van der Waals surface area contributed by atoms with E-state index >= 15 is 0 Å². The topological polar surface area (TPSA) is 29.9 Å². The van der Waals surface area contributed by atoms with Crippen molar-refractivity contribution in [3.8, 4) is 0 Å². The molecule has 0 amide bonds. The highest BCUT2D eigenvalue weighted by molar-refractivity contribution is 5.31. The fourth-order valence-corrected chi connectivity index (χ4v) is 1.54. The largest absolute Gasteiger partial charge is 0.435 e. The van der Waals surface area contributed by atoms with E-state index in [0.717, 1.165) is 0 Å². The van der Waals surface area contributed by atoms with Crippen LogP contribution in [0.3, 0.4) is 0 Å². The summed E-state index contributed by atoms with van der Waals surface area (Å²) in [4.78, 5) is 0. The standard InChI is InChI=1S/C7H8F3N3/c1-13-5-3-11-2-4(5)6(12-13)7(8,9)10/h11H,2-3H2,1H3. The average Bonchev–Trinajstić information content (AvgIpc) is 2.51. The third-order valence-corrected chi connectivity index (χ3v) is 2.14. The minimum Gasteiger partial charge on any atom is -0.307 e. The van der Waals surface area contributed by atoms with Gasteiger partial charge >= 0.3 is 6.18 Å². The Morgan fingerprint density at radius 1 is 1.38 bits per heavy atom. The van der Waals surface area contributed by atoms with E-state index in [9.17, 15) is 13.2 Å². The molecule has 0 spiro atoms. The molecular formula is C7H8F3N3. The Labute approximate surface area is 72.5 Å². The molecule has 3 nitrogen and oxygen atoms in total. The summed E-state index contributed by atoms with van der Waals surface area (Å²) in [5, 5.41) is 6.32. The fraction of sp³-hybridized carbons (Fsp3) is 0.571. The van der Waals surface area contributed by atoms with Gasteiger partial charge in [-0.2, -0.15) is 18.3 Å². The lowest BCUT2D eigenvalue weighted by atomic mass is 10.2. The van der Waals surface area contributed by atoms with Crippen molar-refractivity contribution in [1.29, 1.82) is 0 Å². The normalized spacial score (nSPS) is 16.3. The first-order chi connectivity index (χ1) is 6.00. The van der Waals surface area contributed by atoms with E-state index in [-0.39, 0.29) is 12.1 Å². The lowest BCUT2D eigenvalue weighted by Crippen LogP contribution is -2.12. The molecule has 72 valence electrons. The molecule has 0 radical (unpaired) electrons. The van der Waals surface area contributed by atoms with Gasteiger partial charge in [0, 0.05) is 25.7 Å². The van der Waals surface area contributed by atoms with Crippen LogP contribution in [-0.2, 0) is 26.3 Å². The van der Waals surface area contributed by atoms with Crippen molar-refractivity contribution >= 4 is 0 Å². The molecule has 0 aliphatic carbocycles. The molecule has 0 bridgehead atoms. The third kappa shape index (κ3) is 1.21. The monoisotopic (exact) mass is 191 g/mol. The van der Waals surface area contributed by atoms with Gasteiger partial charge in [-0.05, 0) is 0 Å². The molecule has 0 fully saturated rings. The summed E-state index contributed by atoms with van der Waals surface area (Å²) < 4.78 is 38.3. The van der Waals surface area contributed by atoms with Crippen LogP contribution in [0.15, 0.2) is 0 Å². The molecular weight excluding hydrogens is 183 g/mol. The van der Waals surface area contributed by atoms with Gasteiger partial charge in [-0.3, -0.25) is 4.68 Å². The van der Waals surface area contributed by atoms with Gasteiger partial charge in [0.05, 0.1) is 5.69 Å². The summed E-state index contributed by atoms with van der Waals surface area (Å²) in [6.07, 6.45) is -4.34. The number of hydrogen-bond donors (Lipinski definition) is 1. The van der Waals surface area contributed by atoms with Crippen molar-refractivity contribution in [2.45, 2.75) is 19.3 Å². The van der Waals surface area contributed by atoms with Crippen LogP contribution < -0.4 is 5.32 Å². The van der Waals surface area contributed by atoms with Crippen LogP contribution in [0, 0.1) is 0 Å². The van der Waals surface area contributed by atoms with E-state index in [2.05, 4.69) is 10.4 Å². The van der Waals surface area contributed by atoms with Crippen LogP contribution in [0.2, 0.25) is 0 Å². The van der Waals surface area contributed by atoms with E-state index in [1.54, 1.807) is 0 Å². The second-order valence-electron chi connectivity index (χ2n) is 3.00. The van der Waals surface area contributed by atoms with Crippen molar-refractivity contribution in [3.63, 3.8) is 0 Å². The predicted molar refractivity (Wildman–Crippen MR) is 38.8 cm³/mol. The molecule has 0 unspecified atom stereocenters. The number of nitrogens with one attached hydrogen (secondary N) is 1. The van der Waals surface area contributed by atoms with Gasteiger partial charge in [0.15, 0.2) is 5.69 Å². The summed E-state index contributed by atoms with van der Waals surface area (Å²) in [6, 6.07) is 0. The Morgan fingerprint density at radius 3 is 2.69 bits per heavy atom. The van der Waals surface area contributed by atoms with E-state index in [4.69, 9.17) is 0 Å². The number of hydrogen-bond acceptors (Lipinski definition) is 2. The SMILES string of the molecule is Cn1nc(C(F)(F)F)c2c1CNC2. The van der Waals surface area contributed by atoms with Crippen molar-refractivity contribution in [2.24, 2.45) is 7.05 Å². The van der Waals surface area contributed by atoms with Crippen molar-refractivity contribution in [2.75, 3.05) is 0 Å². The zero-order valence-electron chi connectivity index (χ0n) is 6.94. The number of fused-ring (bicyclic) bond motifs is 1. The summed E-state index contributed by atoms with van der Waals surface area (Å²) in [5.41, 5.74) is 0.164. The smallest absolute Gasteiger partial charge is 0.307 e. The molecule has 1 aromatic rings. The van der Waals surface area contributed by atoms with Crippen molar-refractivity contribution in [1.82, 2.24) is 15.1 Å². The molecule has 2 heterocycles. The first kappa shape index (κ1) is 8.55. The average molecular weight is 191 g/mol. The number of aryl methyl sites for hydroxylation is 1. The highest BCUT2D eigenvalue weighted by Gasteiger charge is 2.39. The molecule has 2 rings (SSSR count). The highest BCUT2D eigenvalue weighted by Crippen LogP contribution is 2.33. The molecule has 1 aliphatic heterocycles. The second kappa shape index (κ2) is 2.47. The van der Waals surface area contributed by atoms with Gasteiger partial charge in [0.1, 0.15) is 0 Å². The molecule has 0 aromatic carbocycles. The Kier molecular flexibility index (Phi) is 1.63. The van der Waals surface area contributed by atoms with E-state index in [0.29, 0.717) is 12.2 Å². The summed E-state index contributed by atoms with van der Waals surface area (Å²) in [5.74, 6) is 0. The van der Waals surface area contributed by atoms with Crippen LogP contribution in [-0.4, -0.2) is 9.78 Å². The van der Waals surface area contributed by atoms with Gasteiger partial charge in [-0.25, -0.2) is 0 Å². The summed E-state index contributed by atoms with van der Waals surface area (Å²) in [6.45, 7) is 0.729. The highest BCUT2D eigenvalue weighted by atomic mass is 19.4. The molecule has 13 heavy (non-hydrogen) atoms. The maximum absolute atomic E-state index is 12.4. The van der Waals surface area contributed by atoms with Crippen LogP contribution >= 0.6 is 0 Å². The number of nitrogens with zero attached hydrogens (tertiary/aromatic N) is 2.